The Hall–Kier alpha value is -0.970. The highest BCUT2D eigenvalue weighted by Gasteiger charge is 2.53. The van der Waals surface area contributed by atoms with Gasteiger partial charge in [-0.15, -0.1) is 0 Å². The van der Waals surface area contributed by atoms with Crippen LogP contribution >= 0.6 is 0 Å². The van der Waals surface area contributed by atoms with Gasteiger partial charge in [0.25, 0.3) is 0 Å². The smallest absolute Gasteiger partial charge is 0.222 e. The second kappa shape index (κ2) is 4.13. The molecule has 0 aromatic heterocycles. The van der Waals surface area contributed by atoms with Crippen LogP contribution in [0.1, 0.15) is 46.5 Å². The highest BCUT2D eigenvalue weighted by Crippen LogP contribution is 2.42. The number of rotatable bonds is 3. The summed E-state index contributed by atoms with van der Waals surface area (Å²) >= 11 is 0. The number of Topliss-reactive ketones (excluding diaryl/α,β-unsaturated/α-hetero) is 1. The maximum absolute atomic E-state index is 11.5. The van der Waals surface area contributed by atoms with Gasteiger partial charge < -0.3 is 5.11 Å². The number of nitrogens with zero attached hydrogens (tertiary/aromatic N) is 1. The summed E-state index contributed by atoms with van der Waals surface area (Å²) in [7, 11) is 0. The molecule has 5 heteroatoms. The van der Waals surface area contributed by atoms with Gasteiger partial charge in [-0.3, -0.25) is 14.9 Å². The summed E-state index contributed by atoms with van der Waals surface area (Å²) in [6.07, 6.45) is 1.21. The van der Waals surface area contributed by atoms with Crippen LogP contribution in [0.5, 0.6) is 0 Å². The Morgan fingerprint density at radius 2 is 2.12 bits per heavy atom. The van der Waals surface area contributed by atoms with Crippen molar-refractivity contribution in [2.45, 2.75) is 57.6 Å². The third-order valence-electron chi connectivity index (χ3n) is 3.97. The number of hydrogen-bond acceptors (Lipinski definition) is 4. The Labute approximate surface area is 95.0 Å². The number of hydrogen-bond donors (Lipinski definition) is 1. The fourth-order valence-corrected chi connectivity index (χ4v) is 2.56. The van der Waals surface area contributed by atoms with Crippen LogP contribution in [0.4, 0.5) is 0 Å². The molecule has 1 fully saturated rings. The van der Waals surface area contributed by atoms with Gasteiger partial charge in [-0.25, -0.2) is 0 Å². The van der Waals surface area contributed by atoms with Crippen LogP contribution in [0.15, 0.2) is 0 Å². The van der Waals surface area contributed by atoms with Crippen molar-refractivity contribution >= 4 is 5.78 Å². The molecule has 0 radical (unpaired) electrons. The molecule has 0 saturated heterocycles. The lowest BCUT2D eigenvalue weighted by molar-refractivity contribution is -0.578. The lowest BCUT2D eigenvalue weighted by atomic mass is 9.66. The molecular formula is C11H19NO4. The molecule has 0 aromatic rings. The zero-order valence-corrected chi connectivity index (χ0v) is 10.0. The largest absolute Gasteiger partial charge is 0.389 e. The fourth-order valence-electron chi connectivity index (χ4n) is 2.56. The minimum atomic E-state index is -1.10. The third-order valence-corrected chi connectivity index (χ3v) is 3.97. The first kappa shape index (κ1) is 13.1. The van der Waals surface area contributed by atoms with Crippen LogP contribution in [-0.2, 0) is 4.79 Å². The van der Waals surface area contributed by atoms with E-state index in [0.29, 0.717) is 19.3 Å². The van der Waals surface area contributed by atoms with E-state index in [4.69, 9.17) is 0 Å². The van der Waals surface area contributed by atoms with E-state index in [9.17, 15) is 20.0 Å². The molecule has 0 unspecified atom stereocenters. The summed E-state index contributed by atoms with van der Waals surface area (Å²) in [5, 5.41) is 21.2. The SMILES string of the molecule is CC[C@@]1([N+](=O)[O-])CC[C@@](C)(O)[C@H](C(C)=O)C1. The van der Waals surface area contributed by atoms with Crippen molar-refractivity contribution < 1.29 is 14.8 Å². The average Bonchev–Trinajstić information content (AvgIpc) is 2.17. The van der Waals surface area contributed by atoms with Crippen LogP contribution in [0.25, 0.3) is 0 Å². The van der Waals surface area contributed by atoms with Gasteiger partial charge in [-0.2, -0.15) is 0 Å². The van der Waals surface area contributed by atoms with Crippen LogP contribution in [0, 0.1) is 16.0 Å². The minimum Gasteiger partial charge on any atom is -0.389 e. The van der Waals surface area contributed by atoms with E-state index in [-0.39, 0.29) is 17.1 Å². The van der Waals surface area contributed by atoms with Crippen LogP contribution in [0.3, 0.4) is 0 Å². The van der Waals surface area contributed by atoms with Gasteiger partial charge in [-0.05, 0) is 20.3 Å². The summed E-state index contributed by atoms with van der Waals surface area (Å²) in [5.41, 5.74) is -2.13. The summed E-state index contributed by atoms with van der Waals surface area (Å²) in [5.74, 6) is -0.782. The van der Waals surface area contributed by atoms with E-state index in [1.165, 1.54) is 6.92 Å². The first-order valence-electron chi connectivity index (χ1n) is 5.62. The van der Waals surface area contributed by atoms with Crippen molar-refractivity contribution in [2.24, 2.45) is 5.92 Å². The van der Waals surface area contributed by atoms with Crippen LogP contribution < -0.4 is 0 Å². The lowest BCUT2D eigenvalue weighted by Gasteiger charge is -2.41. The molecule has 1 N–H and O–H groups in total. The normalized spacial score (nSPS) is 39.4. The quantitative estimate of drug-likeness (QED) is 0.588. The second-order valence-electron chi connectivity index (χ2n) is 5.06. The van der Waals surface area contributed by atoms with Crippen molar-refractivity contribution in [1.29, 1.82) is 0 Å². The number of nitro groups is 1. The standard InChI is InChI=1S/C11H19NO4/c1-4-11(12(15)16)6-5-10(3,14)9(7-11)8(2)13/h9,14H,4-7H2,1-3H3/t9-,10+,11+/m0/s1. The predicted molar refractivity (Wildman–Crippen MR) is 58.7 cm³/mol. The minimum absolute atomic E-state index is 0.152. The van der Waals surface area contributed by atoms with Gasteiger partial charge in [-0.1, -0.05) is 6.92 Å². The molecule has 0 amide bonds. The van der Waals surface area contributed by atoms with Crippen molar-refractivity contribution in [3.8, 4) is 0 Å². The first-order valence-corrected chi connectivity index (χ1v) is 5.62. The molecule has 16 heavy (non-hydrogen) atoms. The van der Waals surface area contributed by atoms with Crippen molar-refractivity contribution in [3.05, 3.63) is 10.1 Å². The summed E-state index contributed by atoms with van der Waals surface area (Å²) < 4.78 is 0. The van der Waals surface area contributed by atoms with Gasteiger partial charge in [0.15, 0.2) is 0 Å². The van der Waals surface area contributed by atoms with Crippen molar-refractivity contribution in [1.82, 2.24) is 0 Å². The maximum atomic E-state index is 11.5. The van der Waals surface area contributed by atoms with Gasteiger partial charge in [0.05, 0.1) is 11.5 Å². The Kier molecular flexibility index (Phi) is 3.38. The Morgan fingerprint density at radius 1 is 1.56 bits per heavy atom. The molecule has 0 aromatic carbocycles. The molecule has 0 aliphatic heterocycles. The van der Waals surface area contributed by atoms with E-state index < -0.39 is 17.1 Å². The van der Waals surface area contributed by atoms with Gasteiger partial charge in [0, 0.05) is 24.2 Å². The van der Waals surface area contributed by atoms with E-state index in [2.05, 4.69) is 0 Å². The molecule has 0 bridgehead atoms. The molecule has 1 saturated carbocycles. The highest BCUT2D eigenvalue weighted by molar-refractivity contribution is 5.79. The molecule has 3 atom stereocenters. The first-order chi connectivity index (χ1) is 7.25. The number of aliphatic hydroxyl groups is 1. The Balaban J connectivity index is 3.00. The van der Waals surface area contributed by atoms with E-state index in [0.717, 1.165) is 0 Å². The predicted octanol–water partition coefficient (Wildman–Crippen LogP) is 1.55. The summed E-state index contributed by atoms with van der Waals surface area (Å²) in [6.45, 7) is 4.75. The fraction of sp³-hybridized carbons (Fsp3) is 0.909. The lowest BCUT2D eigenvalue weighted by Crippen LogP contribution is -2.53. The van der Waals surface area contributed by atoms with Gasteiger partial charge in [0.1, 0.15) is 5.78 Å². The van der Waals surface area contributed by atoms with E-state index in [1.54, 1.807) is 13.8 Å². The number of carbonyl (C=O) groups is 1. The topological polar surface area (TPSA) is 80.4 Å². The maximum Gasteiger partial charge on any atom is 0.222 e. The van der Waals surface area contributed by atoms with Crippen LogP contribution in [0.2, 0.25) is 0 Å². The molecule has 5 nitrogen and oxygen atoms in total. The number of ketones is 1. The van der Waals surface area contributed by atoms with E-state index in [1.807, 2.05) is 0 Å². The van der Waals surface area contributed by atoms with Crippen LogP contribution in [-0.4, -0.2) is 27.0 Å². The molecule has 1 rings (SSSR count). The summed E-state index contributed by atoms with van der Waals surface area (Å²) in [6, 6.07) is 0. The number of carbonyl (C=O) groups excluding carboxylic acids is 1. The molecule has 1 aliphatic carbocycles. The third kappa shape index (κ3) is 2.09. The zero-order valence-electron chi connectivity index (χ0n) is 10.0. The van der Waals surface area contributed by atoms with E-state index >= 15 is 0 Å². The Morgan fingerprint density at radius 3 is 2.50 bits per heavy atom. The van der Waals surface area contributed by atoms with Gasteiger partial charge >= 0.3 is 0 Å². The van der Waals surface area contributed by atoms with Crippen molar-refractivity contribution in [3.63, 3.8) is 0 Å². The monoisotopic (exact) mass is 229 g/mol. The highest BCUT2D eigenvalue weighted by atomic mass is 16.6. The molecule has 92 valence electrons. The average molecular weight is 229 g/mol. The Bertz CT molecular complexity index is 313. The zero-order chi connectivity index (χ0) is 12.6. The summed E-state index contributed by atoms with van der Waals surface area (Å²) in [4.78, 5) is 22.3. The molecular weight excluding hydrogens is 210 g/mol. The van der Waals surface area contributed by atoms with Crippen molar-refractivity contribution in [2.75, 3.05) is 0 Å². The second-order valence-corrected chi connectivity index (χ2v) is 5.06. The molecule has 0 heterocycles. The van der Waals surface area contributed by atoms with Gasteiger partial charge in [0.2, 0.25) is 5.54 Å². The molecule has 0 spiro atoms. The molecule has 1 aliphatic rings.